The van der Waals surface area contributed by atoms with Crippen molar-refractivity contribution in [1.29, 1.82) is 0 Å². The number of nitrogens with one attached hydrogen (secondary N) is 1. The fourth-order valence-electron chi connectivity index (χ4n) is 3.14. The molecule has 1 aliphatic heterocycles. The second kappa shape index (κ2) is 9.26. The third-order valence-corrected chi connectivity index (χ3v) is 4.80. The molecular weight excluding hydrogens is 358 g/mol. The van der Waals surface area contributed by atoms with Crippen LogP contribution in [0.4, 0.5) is 5.69 Å². The number of esters is 1. The zero-order valence-corrected chi connectivity index (χ0v) is 16.1. The molecule has 1 amide bonds. The normalized spacial score (nSPS) is 14.6. The van der Waals surface area contributed by atoms with Gasteiger partial charge in [0.2, 0.25) is 0 Å². The lowest BCUT2D eigenvalue weighted by atomic mass is 9.86. The van der Waals surface area contributed by atoms with Crippen LogP contribution in [0.1, 0.15) is 31.7 Å². The highest BCUT2D eigenvalue weighted by Gasteiger charge is 2.27. The largest absolute Gasteiger partial charge is 0.486 e. The van der Waals surface area contributed by atoms with Gasteiger partial charge in [-0.05, 0) is 23.6 Å². The predicted molar refractivity (Wildman–Crippen MR) is 106 cm³/mol. The van der Waals surface area contributed by atoms with E-state index >= 15 is 0 Å². The van der Waals surface area contributed by atoms with Gasteiger partial charge in [0.1, 0.15) is 13.2 Å². The topological polar surface area (TPSA) is 73.9 Å². The molecule has 28 heavy (non-hydrogen) atoms. The summed E-state index contributed by atoms with van der Waals surface area (Å²) < 4.78 is 16.3. The fourth-order valence-corrected chi connectivity index (χ4v) is 3.14. The first-order valence-corrected chi connectivity index (χ1v) is 9.49. The molecule has 3 rings (SSSR count). The maximum absolute atomic E-state index is 12.7. The number of amides is 1. The second-order valence-corrected chi connectivity index (χ2v) is 6.79. The Morgan fingerprint density at radius 2 is 1.79 bits per heavy atom. The van der Waals surface area contributed by atoms with Crippen molar-refractivity contribution < 1.29 is 23.8 Å². The lowest BCUT2D eigenvalue weighted by molar-refractivity contribution is -0.150. The summed E-state index contributed by atoms with van der Waals surface area (Å²) in [6.07, 6.45) is 0.831. The van der Waals surface area contributed by atoms with Crippen molar-refractivity contribution in [3.63, 3.8) is 0 Å². The number of rotatable bonds is 7. The molecule has 0 bridgehead atoms. The Balaban J connectivity index is 1.59. The van der Waals surface area contributed by atoms with E-state index in [-0.39, 0.29) is 12.5 Å². The van der Waals surface area contributed by atoms with Crippen molar-refractivity contribution in [3.8, 4) is 11.5 Å². The van der Waals surface area contributed by atoms with E-state index in [0.29, 0.717) is 30.4 Å². The van der Waals surface area contributed by atoms with E-state index in [4.69, 9.17) is 14.2 Å². The molecule has 0 saturated heterocycles. The summed E-state index contributed by atoms with van der Waals surface area (Å²) in [4.78, 5) is 24.9. The summed E-state index contributed by atoms with van der Waals surface area (Å²) in [5, 5.41) is 2.72. The van der Waals surface area contributed by atoms with Crippen LogP contribution in [0.3, 0.4) is 0 Å². The Morgan fingerprint density at radius 1 is 1.07 bits per heavy atom. The van der Waals surface area contributed by atoms with Crippen molar-refractivity contribution in [1.82, 2.24) is 0 Å². The van der Waals surface area contributed by atoms with Crippen molar-refractivity contribution in [2.45, 2.75) is 26.2 Å². The van der Waals surface area contributed by atoms with Crippen LogP contribution >= 0.6 is 0 Å². The molecule has 2 aromatic rings. The summed E-state index contributed by atoms with van der Waals surface area (Å²) in [6, 6.07) is 14.7. The van der Waals surface area contributed by atoms with E-state index in [9.17, 15) is 9.59 Å². The molecule has 2 atom stereocenters. The standard InChI is InChI=1S/C22H25NO5/c1-3-15(2)21(16-7-5-4-6-8-16)22(25)28-14-20(24)23-17-9-10-18-19(13-17)27-12-11-26-18/h4-10,13,15,21H,3,11-12,14H2,1-2H3,(H,23,24)/t15-,21+/m1/s1. The molecular formula is C22H25NO5. The van der Waals surface area contributed by atoms with Crippen LogP contribution in [0.25, 0.3) is 0 Å². The van der Waals surface area contributed by atoms with Gasteiger partial charge in [-0.1, -0.05) is 50.6 Å². The highest BCUT2D eigenvalue weighted by molar-refractivity contribution is 5.93. The van der Waals surface area contributed by atoms with Gasteiger partial charge in [-0.2, -0.15) is 0 Å². The van der Waals surface area contributed by atoms with Crippen LogP contribution in [0.15, 0.2) is 48.5 Å². The summed E-state index contributed by atoms with van der Waals surface area (Å²) in [5.41, 5.74) is 1.46. The Hall–Kier alpha value is -3.02. The summed E-state index contributed by atoms with van der Waals surface area (Å²) in [6.45, 7) is 4.68. The minimum absolute atomic E-state index is 0.107. The minimum Gasteiger partial charge on any atom is -0.486 e. The average Bonchev–Trinajstić information content (AvgIpc) is 2.73. The second-order valence-electron chi connectivity index (χ2n) is 6.79. The molecule has 1 aliphatic rings. The van der Waals surface area contributed by atoms with Gasteiger partial charge in [-0.25, -0.2) is 0 Å². The van der Waals surface area contributed by atoms with Gasteiger partial charge in [0.25, 0.3) is 5.91 Å². The average molecular weight is 383 g/mol. The van der Waals surface area contributed by atoms with Crippen LogP contribution in [0.2, 0.25) is 0 Å². The van der Waals surface area contributed by atoms with Crippen molar-refractivity contribution in [3.05, 3.63) is 54.1 Å². The Labute approximate surface area is 164 Å². The highest BCUT2D eigenvalue weighted by Crippen LogP contribution is 2.32. The Bertz CT molecular complexity index is 821. The van der Waals surface area contributed by atoms with E-state index in [1.54, 1.807) is 18.2 Å². The molecule has 148 valence electrons. The number of benzene rings is 2. The first-order valence-electron chi connectivity index (χ1n) is 9.49. The molecule has 1 heterocycles. The van der Waals surface area contributed by atoms with Crippen LogP contribution in [0.5, 0.6) is 11.5 Å². The van der Waals surface area contributed by atoms with E-state index < -0.39 is 17.8 Å². The Kier molecular flexibility index (Phi) is 6.53. The van der Waals surface area contributed by atoms with Crippen LogP contribution < -0.4 is 14.8 Å². The predicted octanol–water partition coefficient (Wildman–Crippen LogP) is 3.77. The number of anilines is 1. The maximum Gasteiger partial charge on any atom is 0.314 e. The minimum atomic E-state index is -0.402. The number of ether oxygens (including phenoxy) is 3. The molecule has 0 unspecified atom stereocenters. The Morgan fingerprint density at radius 3 is 2.50 bits per heavy atom. The third kappa shape index (κ3) is 4.82. The summed E-state index contributed by atoms with van der Waals surface area (Å²) >= 11 is 0. The lowest BCUT2D eigenvalue weighted by Gasteiger charge is -2.22. The van der Waals surface area contributed by atoms with Gasteiger partial charge in [-0.3, -0.25) is 9.59 Å². The van der Waals surface area contributed by atoms with Crippen LogP contribution in [0, 0.1) is 5.92 Å². The number of hydrogen-bond acceptors (Lipinski definition) is 5. The van der Waals surface area contributed by atoms with Gasteiger partial charge in [0.05, 0.1) is 5.92 Å². The zero-order valence-electron chi connectivity index (χ0n) is 16.1. The molecule has 6 heteroatoms. The lowest BCUT2D eigenvalue weighted by Crippen LogP contribution is -2.27. The van der Waals surface area contributed by atoms with Crippen LogP contribution in [-0.4, -0.2) is 31.7 Å². The van der Waals surface area contributed by atoms with Crippen molar-refractivity contribution in [2.24, 2.45) is 5.92 Å². The number of fused-ring (bicyclic) bond motifs is 1. The van der Waals surface area contributed by atoms with Gasteiger partial charge in [0, 0.05) is 11.8 Å². The van der Waals surface area contributed by atoms with Gasteiger partial charge >= 0.3 is 5.97 Å². The van der Waals surface area contributed by atoms with Gasteiger partial charge in [-0.15, -0.1) is 0 Å². The molecule has 0 aliphatic carbocycles. The van der Waals surface area contributed by atoms with E-state index in [1.165, 1.54) is 0 Å². The summed E-state index contributed by atoms with van der Waals surface area (Å²) in [5.74, 6) is 0.153. The first kappa shape index (κ1) is 19.7. The van der Waals surface area contributed by atoms with Gasteiger partial charge < -0.3 is 19.5 Å². The summed E-state index contributed by atoms with van der Waals surface area (Å²) in [7, 11) is 0. The zero-order chi connectivity index (χ0) is 19.9. The number of carbonyl (C=O) groups excluding carboxylic acids is 2. The molecule has 6 nitrogen and oxygen atoms in total. The molecule has 2 aromatic carbocycles. The SMILES string of the molecule is CC[C@@H](C)[C@H](C(=O)OCC(=O)Nc1ccc2c(c1)OCCO2)c1ccccc1. The third-order valence-electron chi connectivity index (χ3n) is 4.80. The first-order chi connectivity index (χ1) is 13.6. The van der Waals surface area contributed by atoms with Gasteiger partial charge in [0.15, 0.2) is 18.1 Å². The van der Waals surface area contributed by atoms with E-state index in [2.05, 4.69) is 5.32 Å². The smallest absolute Gasteiger partial charge is 0.314 e. The molecule has 1 N–H and O–H groups in total. The van der Waals surface area contributed by atoms with E-state index in [0.717, 1.165) is 12.0 Å². The highest BCUT2D eigenvalue weighted by atomic mass is 16.6. The molecule has 0 radical (unpaired) electrons. The van der Waals surface area contributed by atoms with Crippen LogP contribution in [-0.2, 0) is 14.3 Å². The fraction of sp³-hybridized carbons (Fsp3) is 0.364. The molecule has 0 aromatic heterocycles. The number of carbonyl (C=O) groups is 2. The van der Waals surface area contributed by atoms with Crippen molar-refractivity contribution in [2.75, 3.05) is 25.1 Å². The molecule has 0 saturated carbocycles. The molecule has 0 fully saturated rings. The quantitative estimate of drug-likeness (QED) is 0.737. The van der Waals surface area contributed by atoms with E-state index in [1.807, 2.05) is 44.2 Å². The molecule has 0 spiro atoms. The number of hydrogen-bond donors (Lipinski definition) is 1. The van der Waals surface area contributed by atoms with Crippen molar-refractivity contribution >= 4 is 17.6 Å². The monoisotopic (exact) mass is 383 g/mol. The maximum atomic E-state index is 12.7.